The highest BCUT2D eigenvalue weighted by atomic mass is 14.9. The molecule has 0 bridgehead atoms. The topological polar surface area (TPSA) is 28.7 Å². The molecule has 0 spiro atoms. The molecule has 4 rings (SSSR count). The molecule has 1 N–H and O–H groups in total. The normalized spacial score (nSPS) is 11.6. The molecule has 100 valence electrons. The molecule has 0 atom stereocenters. The molecule has 1 aromatic heterocycles. The second-order valence-electron chi connectivity index (χ2n) is 5.08. The molecule has 2 nitrogen and oxygen atoms in total. The van der Waals surface area contributed by atoms with Crippen LogP contribution in [0, 0.1) is 0 Å². The summed E-state index contributed by atoms with van der Waals surface area (Å²) >= 11 is 0. The highest BCUT2D eigenvalue weighted by Gasteiger charge is 2.02. The number of rotatable bonds is 2. The number of hydrogen-bond acceptors (Lipinski definition) is 1. The van der Waals surface area contributed by atoms with E-state index in [0.29, 0.717) is 0 Å². The lowest BCUT2D eigenvalue weighted by Gasteiger charge is -1.95. The van der Waals surface area contributed by atoms with E-state index in [1.807, 2.05) is 24.3 Å². The Morgan fingerprint density at radius 1 is 0.762 bits per heavy atom. The van der Waals surface area contributed by atoms with Crippen LogP contribution in [0.2, 0.25) is 0 Å². The van der Waals surface area contributed by atoms with Gasteiger partial charge in [0.05, 0.1) is 11.0 Å². The average molecular weight is 270 g/mol. The van der Waals surface area contributed by atoms with E-state index in [1.54, 1.807) is 0 Å². The maximum Gasteiger partial charge on any atom is 0.131 e. The second kappa shape index (κ2) is 4.91. The summed E-state index contributed by atoms with van der Waals surface area (Å²) in [5.41, 5.74) is 3.24. The zero-order chi connectivity index (χ0) is 14.1. The predicted molar refractivity (Wildman–Crippen MR) is 89.0 cm³/mol. The fourth-order valence-electron chi connectivity index (χ4n) is 2.53. The summed E-state index contributed by atoms with van der Waals surface area (Å²) in [5, 5.41) is 2.45. The van der Waals surface area contributed by atoms with Crippen LogP contribution >= 0.6 is 0 Å². The van der Waals surface area contributed by atoms with E-state index in [0.717, 1.165) is 16.9 Å². The Morgan fingerprint density at radius 3 is 2.29 bits per heavy atom. The van der Waals surface area contributed by atoms with Crippen LogP contribution in [-0.4, -0.2) is 9.97 Å². The number of aromatic amines is 1. The number of nitrogens with zero attached hydrogens (tertiary/aromatic N) is 1. The molecule has 0 amide bonds. The van der Waals surface area contributed by atoms with Gasteiger partial charge in [-0.25, -0.2) is 4.98 Å². The molecule has 0 aliphatic carbocycles. The first-order valence-electron chi connectivity index (χ1n) is 7.00. The Kier molecular flexibility index (Phi) is 2.79. The van der Waals surface area contributed by atoms with Gasteiger partial charge in [0.15, 0.2) is 0 Å². The first-order chi connectivity index (χ1) is 10.4. The fraction of sp³-hybridized carbons (Fsp3) is 0. The number of aromatic nitrogens is 2. The number of H-pyrrole nitrogens is 1. The van der Waals surface area contributed by atoms with Crippen LogP contribution in [0.1, 0.15) is 11.4 Å². The molecule has 0 unspecified atom stereocenters. The predicted octanol–water partition coefficient (Wildman–Crippen LogP) is 4.89. The van der Waals surface area contributed by atoms with Crippen LogP contribution in [0.3, 0.4) is 0 Å². The van der Waals surface area contributed by atoms with Gasteiger partial charge in [-0.05, 0) is 34.5 Å². The van der Waals surface area contributed by atoms with E-state index in [-0.39, 0.29) is 0 Å². The number of imidazole rings is 1. The smallest absolute Gasteiger partial charge is 0.131 e. The first-order valence-corrected chi connectivity index (χ1v) is 7.00. The Hall–Kier alpha value is -2.87. The van der Waals surface area contributed by atoms with E-state index in [2.05, 4.69) is 64.6 Å². The lowest BCUT2D eigenvalue weighted by molar-refractivity contribution is 1.30. The van der Waals surface area contributed by atoms with Gasteiger partial charge in [-0.1, -0.05) is 60.7 Å². The third kappa shape index (κ3) is 2.32. The van der Waals surface area contributed by atoms with Crippen LogP contribution in [0.15, 0.2) is 66.7 Å². The van der Waals surface area contributed by atoms with Crippen molar-refractivity contribution in [3.63, 3.8) is 0 Å². The average Bonchev–Trinajstić information content (AvgIpc) is 2.93. The van der Waals surface area contributed by atoms with E-state index >= 15 is 0 Å². The monoisotopic (exact) mass is 270 g/mol. The van der Waals surface area contributed by atoms with Crippen molar-refractivity contribution in [2.24, 2.45) is 0 Å². The number of nitrogens with one attached hydrogen (secondary N) is 1. The van der Waals surface area contributed by atoms with Crippen molar-refractivity contribution < 1.29 is 0 Å². The third-order valence-corrected chi connectivity index (χ3v) is 3.60. The van der Waals surface area contributed by atoms with Crippen LogP contribution < -0.4 is 0 Å². The van der Waals surface area contributed by atoms with Crippen LogP contribution in [0.5, 0.6) is 0 Å². The maximum absolute atomic E-state index is 4.64. The lowest BCUT2D eigenvalue weighted by atomic mass is 10.1. The molecule has 1 heterocycles. The zero-order valence-corrected chi connectivity index (χ0v) is 11.5. The van der Waals surface area contributed by atoms with Gasteiger partial charge in [0, 0.05) is 0 Å². The minimum atomic E-state index is 0.879. The molecule has 0 fully saturated rings. The number of fused-ring (bicyclic) bond motifs is 2. The first kappa shape index (κ1) is 11.9. The van der Waals surface area contributed by atoms with Crippen molar-refractivity contribution in [1.82, 2.24) is 9.97 Å². The molecule has 0 saturated heterocycles. The van der Waals surface area contributed by atoms with Crippen molar-refractivity contribution in [2.45, 2.75) is 0 Å². The number of benzene rings is 3. The maximum atomic E-state index is 4.64. The molecule has 0 aliphatic rings. The second-order valence-corrected chi connectivity index (χ2v) is 5.08. The molecule has 3 aromatic carbocycles. The van der Waals surface area contributed by atoms with Gasteiger partial charge in [-0.2, -0.15) is 0 Å². The van der Waals surface area contributed by atoms with Crippen molar-refractivity contribution in [3.05, 3.63) is 78.1 Å². The SMILES string of the molecule is C(=C\c1nc2cc3ccccc3cc2[nH]1)/c1ccccc1. The largest absolute Gasteiger partial charge is 0.338 e. The molecule has 0 aliphatic heterocycles. The van der Waals surface area contributed by atoms with Crippen LogP contribution in [-0.2, 0) is 0 Å². The highest BCUT2D eigenvalue weighted by molar-refractivity contribution is 5.95. The Balaban J connectivity index is 1.76. The lowest BCUT2D eigenvalue weighted by Crippen LogP contribution is -1.74. The molecule has 4 aromatic rings. The summed E-state index contributed by atoms with van der Waals surface area (Å²) in [5.74, 6) is 0.879. The fourth-order valence-corrected chi connectivity index (χ4v) is 2.53. The van der Waals surface area contributed by atoms with Crippen molar-refractivity contribution in [2.75, 3.05) is 0 Å². The van der Waals surface area contributed by atoms with E-state index < -0.39 is 0 Å². The van der Waals surface area contributed by atoms with Crippen molar-refractivity contribution in [1.29, 1.82) is 0 Å². The summed E-state index contributed by atoms with van der Waals surface area (Å²) in [6, 6.07) is 22.9. The summed E-state index contributed by atoms with van der Waals surface area (Å²) in [4.78, 5) is 8.00. The zero-order valence-electron chi connectivity index (χ0n) is 11.5. The van der Waals surface area contributed by atoms with Crippen molar-refractivity contribution in [3.8, 4) is 0 Å². The number of hydrogen-bond donors (Lipinski definition) is 1. The molecule has 21 heavy (non-hydrogen) atoms. The molecule has 2 heteroatoms. The van der Waals surface area contributed by atoms with Gasteiger partial charge in [0.1, 0.15) is 5.82 Å². The third-order valence-electron chi connectivity index (χ3n) is 3.60. The van der Waals surface area contributed by atoms with Gasteiger partial charge < -0.3 is 4.98 Å². The molecular weight excluding hydrogens is 256 g/mol. The summed E-state index contributed by atoms with van der Waals surface area (Å²) in [7, 11) is 0. The van der Waals surface area contributed by atoms with Crippen LogP contribution in [0.4, 0.5) is 0 Å². The van der Waals surface area contributed by atoms with Gasteiger partial charge in [0.2, 0.25) is 0 Å². The van der Waals surface area contributed by atoms with Gasteiger partial charge in [-0.3, -0.25) is 0 Å². The van der Waals surface area contributed by atoms with E-state index in [1.165, 1.54) is 16.3 Å². The summed E-state index contributed by atoms with van der Waals surface area (Å²) < 4.78 is 0. The minimum Gasteiger partial charge on any atom is -0.338 e. The van der Waals surface area contributed by atoms with Gasteiger partial charge >= 0.3 is 0 Å². The Labute approximate surface area is 122 Å². The standard InChI is InChI=1S/C19H14N2/c1-2-6-14(7-3-1)10-11-19-20-17-12-15-8-4-5-9-16(15)13-18(17)21-19/h1-13H,(H,20,21)/b11-10+. The highest BCUT2D eigenvalue weighted by Crippen LogP contribution is 2.21. The quantitative estimate of drug-likeness (QED) is 0.552. The molecule has 0 saturated carbocycles. The van der Waals surface area contributed by atoms with E-state index in [9.17, 15) is 0 Å². The Morgan fingerprint density at radius 2 is 1.48 bits per heavy atom. The molecule has 0 radical (unpaired) electrons. The summed E-state index contributed by atoms with van der Waals surface area (Å²) in [6.45, 7) is 0. The van der Waals surface area contributed by atoms with Gasteiger partial charge in [-0.15, -0.1) is 0 Å². The molecular formula is C19H14N2. The van der Waals surface area contributed by atoms with Crippen LogP contribution in [0.25, 0.3) is 34.0 Å². The van der Waals surface area contributed by atoms with Crippen molar-refractivity contribution >= 4 is 34.0 Å². The van der Waals surface area contributed by atoms with E-state index in [4.69, 9.17) is 0 Å². The Bertz CT molecular complexity index is 881. The van der Waals surface area contributed by atoms with Gasteiger partial charge in [0.25, 0.3) is 0 Å². The summed E-state index contributed by atoms with van der Waals surface area (Å²) in [6.07, 6.45) is 4.08. The minimum absolute atomic E-state index is 0.879.